The average molecular weight is 274 g/mol. The average Bonchev–Trinajstić information content (AvgIpc) is 2.80. The molecule has 0 spiro atoms. The summed E-state index contributed by atoms with van der Waals surface area (Å²) in [5.74, 6) is 0. The van der Waals surface area contributed by atoms with E-state index in [1.54, 1.807) is 22.7 Å². The molecule has 3 aromatic rings. The molecule has 0 aliphatic rings. The molecule has 3 rings (SSSR count). The van der Waals surface area contributed by atoms with Crippen LogP contribution in [0.25, 0.3) is 20.8 Å². The third-order valence-electron chi connectivity index (χ3n) is 3.17. The Morgan fingerprint density at radius 1 is 1.11 bits per heavy atom. The van der Waals surface area contributed by atoms with E-state index in [-0.39, 0.29) is 0 Å². The number of nitrogens with two attached hydrogens (primary N) is 1. The normalized spacial score (nSPS) is 11.3. The molecule has 0 aliphatic carbocycles. The van der Waals surface area contributed by atoms with Crippen LogP contribution in [-0.2, 0) is 0 Å². The summed E-state index contributed by atoms with van der Waals surface area (Å²) in [6.45, 7) is 6.32. The van der Waals surface area contributed by atoms with Crippen molar-refractivity contribution in [2.45, 2.75) is 20.8 Å². The van der Waals surface area contributed by atoms with Crippen molar-refractivity contribution >= 4 is 37.9 Å². The lowest BCUT2D eigenvalue weighted by atomic mass is 10.2. The molecule has 0 unspecified atom stereocenters. The highest BCUT2D eigenvalue weighted by molar-refractivity contribution is 7.22. The highest BCUT2D eigenvalue weighted by Crippen LogP contribution is 2.41. The number of benzene rings is 1. The Bertz CT molecular complexity index is 738. The van der Waals surface area contributed by atoms with Crippen LogP contribution < -0.4 is 5.73 Å². The molecule has 0 radical (unpaired) electrons. The Kier molecular flexibility index (Phi) is 2.64. The van der Waals surface area contributed by atoms with Crippen LogP contribution in [0.5, 0.6) is 0 Å². The number of hydrogen-bond acceptors (Lipinski definition) is 4. The Hall–Kier alpha value is -1.39. The van der Waals surface area contributed by atoms with E-state index in [1.165, 1.54) is 20.7 Å². The van der Waals surface area contributed by atoms with Gasteiger partial charge in [-0.15, -0.1) is 22.7 Å². The summed E-state index contributed by atoms with van der Waals surface area (Å²) in [6, 6.07) is 6.38. The quantitative estimate of drug-likeness (QED) is 0.708. The third kappa shape index (κ3) is 1.72. The number of aromatic nitrogens is 1. The zero-order valence-corrected chi connectivity index (χ0v) is 12.2. The second-order valence-electron chi connectivity index (χ2n) is 4.51. The monoisotopic (exact) mass is 274 g/mol. The van der Waals surface area contributed by atoms with E-state index < -0.39 is 0 Å². The summed E-state index contributed by atoms with van der Waals surface area (Å²) in [6.07, 6.45) is 0. The van der Waals surface area contributed by atoms with Crippen molar-refractivity contribution in [1.82, 2.24) is 4.98 Å². The number of nitrogens with zero attached hydrogens (tertiary/aromatic N) is 1. The van der Waals surface area contributed by atoms with Gasteiger partial charge >= 0.3 is 0 Å². The minimum Gasteiger partial charge on any atom is -0.390 e. The summed E-state index contributed by atoms with van der Waals surface area (Å²) in [5.41, 5.74) is 10.8. The molecule has 0 saturated carbocycles. The smallest absolute Gasteiger partial charge is 0.127 e. The van der Waals surface area contributed by atoms with Crippen molar-refractivity contribution in [3.63, 3.8) is 0 Å². The first kappa shape index (κ1) is 11.7. The van der Waals surface area contributed by atoms with E-state index in [4.69, 9.17) is 10.7 Å². The Labute approximate surface area is 114 Å². The van der Waals surface area contributed by atoms with Gasteiger partial charge in [-0.3, -0.25) is 0 Å². The van der Waals surface area contributed by atoms with Gasteiger partial charge in [0, 0.05) is 10.4 Å². The van der Waals surface area contributed by atoms with Crippen molar-refractivity contribution in [2.24, 2.45) is 0 Å². The van der Waals surface area contributed by atoms with E-state index in [1.807, 2.05) is 0 Å². The fourth-order valence-electron chi connectivity index (χ4n) is 2.06. The maximum Gasteiger partial charge on any atom is 0.127 e. The van der Waals surface area contributed by atoms with Crippen LogP contribution in [0.3, 0.4) is 0 Å². The first-order valence-electron chi connectivity index (χ1n) is 5.79. The van der Waals surface area contributed by atoms with E-state index >= 15 is 0 Å². The van der Waals surface area contributed by atoms with Crippen molar-refractivity contribution in [1.29, 1.82) is 0 Å². The predicted molar refractivity (Wildman–Crippen MR) is 81.6 cm³/mol. The van der Waals surface area contributed by atoms with Gasteiger partial charge in [0.25, 0.3) is 0 Å². The van der Waals surface area contributed by atoms with Gasteiger partial charge in [0.15, 0.2) is 0 Å². The summed E-state index contributed by atoms with van der Waals surface area (Å²) in [7, 11) is 0. The molecule has 0 bridgehead atoms. The largest absolute Gasteiger partial charge is 0.390 e. The number of thiophene rings is 1. The van der Waals surface area contributed by atoms with Crippen molar-refractivity contribution in [3.05, 3.63) is 34.2 Å². The molecule has 2 N–H and O–H groups in total. The van der Waals surface area contributed by atoms with E-state index in [9.17, 15) is 0 Å². The topological polar surface area (TPSA) is 38.9 Å². The lowest BCUT2D eigenvalue weighted by Crippen LogP contribution is -1.85. The molecule has 18 heavy (non-hydrogen) atoms. The standard InChI is InChI=1S/C14H14N2S2/c1-7-4-5-11-10(6-7)16-14(18-11)12-8(2)9(3)17-13(12)15/h4-6H,15H2,1-3H3. The Morgan fingerprint density at radius 2 is 1.89 bits per heavy atom. The first-order chi connectivity index (χ1) is 8.56. The van der Waals surface area contributed by atoms with Gasteiger partial charge < -0.3 is 5.73 Å². The van der Waals surface area contributed by atoms with Crippen LogP contribution in [0.1, 0.15) is 16.0 Å². The van der Waals surface area contributed by atoms with E-state index in [0.29, 0.717) is 0 Å². The van der Waals surface area contributed by atoms with Crippen molar-refractivity contribution in [2.75, 3.05) is 5.73 Å². The maximum atomic E-state index is 6.11. The highest BCUT2D eigenvalue weighted by atomic mass is 32.1. The Morgan fingerprint density at radius 3 is 2.56 bits per heavy atom. The van der Waals surface area contributed by atoms with Gasteiger partial charge in [-0.2, -0.15) is 0 Å². The number of anilines is 1. The van der Waals surface area contributed by atoms with Crippen LogP contribution in [0, 0.1) is 20.8 Å². The predicted octanol–water partition coefficient (Wildman–Crippen LogP) is 4.53. The number of fused-ring (bicyclic) bond motifs is 1. The van der Waals surface area contributed by atoms with Crippen molar-refractivity contribution < 1.29 is 0 Å². The van der Waals surface area contributed by atoms with Crippen LogP contribution in [0.4, 0.5) is 5.00 Å². The van der Waals surface area contributed by atoms with Gasteiger partial charge in [-0.1, -0.05) is 6.07 Å². The second-order valence-corrected chi connectivity index (χ2v) is 6.80. The first-order valence-corrected chi connectivity index (χ1v) is 7.42. The lowest BCUT2D eigenvalue weighted by Gasteiger charge is -1.96. The number of rotatable bonds is 1. The lowest BCUT2D eigenvalue weighted by molar-refractivity contribution is 1.40. The van der Waals surface area contributed by atoms with Crippen LogP contribution >= 0.6 is 22.7 Å². The summed E-state index contributed by atoms with van der Waals surface area (Å²) in [4.78, 5) is 6.00. The van der Waals surface area contributed by atoms with Gasteiger partial charge in [0.2, 0.25) is 0 Å². The van der Waals surface area contributed by atoms with Gasteiger partial charge in [-0.25, -0.2) is 4.98 Å². The number of thiazole rings is 1. The molecule has 1 aromatic carbocycles. The molecule has 4 heteroatoms. The molecular weight excluding hydrogens is 260 g/mol. The zero-order chi connectivity index (χ0) is 12.9. The molecule has 0 aliphatic heterocycles. The second kappa shape index (κ2) is 4.07. The molecule has 2 nitrogen and oxygen atoms in total. The molecule has 2 aromatic heterocycles. The number of aryl methyl sites for hydroxylation is 2. The number of nitrogen functional groups attached to an aromatic ring is 1. The Balaban J connectivity index is 2.25. The number of hydrogen-bond donors (Lipinski definition) is 1. The maximum absolute atomic E-state index is 6.11. The van der Waals surface area contributed by atoms with E-state index in [0.717, 1.165) is 21.1 Å². The summed E-state index contributed by atoms with van der Waals surface area (Å²) < 4.78 is 1.22. The fraction of sp³-hybridized carbons (Fsp3) is 0.214. The van der Waals surface area contributed by atoms with Crippen LogP contribution in [0.15, 0.2) is 18.2 Å². The molecule has 0 atom stereocenters. The van der Waals surface area contributed by atoms with Gasteiger partial charge in [0.1, 0.15) is 5.01 Å². The molecule has 0 fully saturated rings. The SMILES string of the molecule is Cc1ccc2sc(-c3c(N)sc(C)c3C)nc2c1. The van der Waals surface area contributed by atoms with Crippen LogP contribution in [-0.4, -0.2) is 4.98 Å². The minimum absolute atomic E-state index is 0.876. The zero-order valence-electron chi connectivity index (χ0n) is 10.6. The molecule has 0 amide bonds. The molecule has 92 valence electrons. The minimum atomic E-state index is 0.876. The van der Waals surface area contributed by atoms with E-state index in [2.05, 4.69) is 39.0 Å². The van der Waals surface area contributed by atoms with Crippen LogP contribution in [0.2, 0.25) is 0 Å². The van der Waals surface area contributed by atoms with Gasteiger partial charge in [0.05, 0.1) is 15.2 Å². The summed E-state index contributed by atoms with van der Waals surface area (Å²) in [5, 5.41) is 1.91. The molecular formula is C14H14N2S2. The summed E-state index contributed by atoms with van der Waals surface area (Å²) >= 11 is 3.36. The molecule has 2 heterocycles. The fourth-order valence-corrected chi connectivity index (χ4v) is 4.13. The van der Waals surface area contributed by atoms with Gasteiger partial charge in [-0.05, 0) is 44.0 Å². The third-order valence-corrected chi connectivity index (χ3v) is 5.26. The van der Waals surface area contributed by atoms with Crippen molar-refractivity contribution in [3.8, 4) is 10.6 Å². The highest BCUT2D eigenvalue weighted by Gasteiger charge is 2.16. The molecule has 0 saturated heterocycles.